The summed E-state index contributed by atoms with van der Waals surface area (Å²) in [6, 6.07) is 3.82. The first-order valence-corrected chi connectivity index (χ1v) is 5.94. The number of aromatic nitrogens is 3. The first-order chi connectivity index (χ1) is 8.81. The average Bonchev–Trinajstić information content (AvgIpc) is 2.99. The summed E-state index contributed by atoms with van der Waals surface area (Å²) < 4.78 is 5.21. The fourth-order valence-electron chi connectivity index (χ4n) is 2.07. The van der Waals surface area contributed by atoms with Crippen molar-refractivity contribution in [1.29, 1.82) is 0 Å². The topological polar surface area (TPSA) is 84.1 Å². The molecule has 2 aromatic heterocycles. The largest absolute Gasteiger partial charge is 0.392 e. The number of nitrogens with one attached hydrogen (secondary N) is 1. The van der Waals surface area contributed by atoms with Gasteiger partial charge in [-0.1, -0.05) is 11.2 Å². The van der Waals surface area contributed by atoms with Crippen LogP contribution in [0.2, 0.25) is 0 Å². The Morgan fingerprint density at radius 2 is 2.44 bits per heavy atom. The second-order valence-corrected chi connectivity index (χ2v) is 4.44. The van der Waals surface area contributed by atoms with E-state index in [1.807, 2.05) is 12.1 Å². The van der Waals surface area contributed by atoms with Gasteiger partial charge < -0.3 is 14.9 Å². The predicted octanol–water partition coefficient (Wildman–Crippen LogP) is 0.451. The van der Waals surface area contributed by atoms with Crippen LogP contribution in [-0.2, 0) is 6.42 Å². The van der Waals surface area contributed by atoms with E-state index >= 15 is 0 Å². The summed E-state index contributed by atoms with van der Waals surface area (Å²) in [6.45, 7) is 0.574. The van der Waals surface area contributed by atoms with Crippen molar-refractivity contribution in [3.63, 3.8) is 0 Å². The van der Waals surface area contributed by atoms with Crippen molar-refractivity contribution in [2.75, 3.05) is 6.54 Å². The van der Waals surface area contributed by atoms with E-state index in [-0.39, 0.29) is 12.1 Å². The van der Waals surface area contributed by atoms with Gasteiger partial charge >= 0.3 is 0 Å². The van der Waals surface area contributed by atoms with Gasteiger partial charge in [-0.2, -0.15) is 4.98 Å². The minimum absolute atomic E-state index is 0.0323. The highest BCUT2D eigenvalue weighted by molar-refractivity contribution is 5.14. The van der Waals surface area contributed by atoms with E-state index in [9.17, 15) is 5.11 Å². The molecule has 1 aliphatic rings. The van der Waals surface area contributed by atoms with Gasteiger partial charge in [0.2, 0.25) is 5.89 Å². The molecule has 0 amide bonds. The number of hydrogen-bond acceptors (Lipinski definition) is 6. The lowest BCUT2D eigenvalue weighted by Gasteiger charge is -2.01. The lowest BCUT2D eigenvalue weighted by atomic mass is 10.2. The van der Waals surface area contributed by atoms with Crippen LogP contribution in [-0.4, -0.2) is 32.9 Å². The van der Waals surface area contributed by atoms with Crippen LogP contribution in [0.1, 0.15) is 29.7 Å². The van der Waals surface area contributed by atoms with Crippen molar-refractivity contribution >= 4 is 0 Å². The Bertz CT molecular complexity index is 514. The van der Waals surface area contributed by atoms with Gasteiger partial charge in [0.25, 0.3) is 0 Å². The van der Waals surface area contributed by atoms with Crippen molar-refractivity contribution in [3.05, 3.63) is 41.8 Å². The third-order valence-electron chi connectivity index (χ3n) is 2.97. The number of aliphatic hydroxyl groups excluding tert-OH is 1. The molecule has 6 nitrogen and oxygen atoms in total. The SMILES string of the molecule is OC1CNC(c2nc(Cc3cccnc3)no2)C1. The Morgan fingerprint density at radius 1 is 1.50 bits per heavy atom. The highest BCUT2D eigenvalue weighted by Crippen LogP contribution is 2.22. The molecule has 1 fully saturated rings. The average molecular weight is 246 g/mol. The summed E-state index contributed by atoms with van der Waals surface area (Å²) in [6.07, 6.45) is 4.41. The molecule has 0 saturated carbocycles. The molecule has 2 N–H and O–H groups in total. The Kier molecular flexibility index (Phi) is 3.04. The summed E-state index contributed by atoms with van der Waals surface area (Å²) in [5, 5.41) is 16.5. The monoisotopic (exact) mass is 246 g/mol. The minimum Gasteiger partial charge on any atom is -0.392 e. The molecule has 3 rings (SSSR count). The minimum atomic E-state index is -0.330. The normalized spacial score (nSPS) is 23.4. The van der Waals surface area contributed by atoms with Crippen LogP contribution < -0.4 is 5.32 Å². The van der Waals surface area contributed by atoms with Crippen LogP contribution >= 0.6 is 0 Å². The molecule has 18 heavy (non-hydrogen) atoms. The first-order valence-electron chi connectivity index (χ1n) is 5.94. The molecule has 3 heterocycles. The number of pyridine rings is 1. The van der Waals surface area contributed by atoms with Gasteiger partial charge in [0.15, 0.2) is 5.82 Å². The van der Waals surface area contributed by atoms with E-state index in [1.165, 1.54) is 0 Å². The van der Waals surface area contributed by atoms with Gasteiger partial charge in [-0.05, 0) is 18.1 Å². The molecule has 94 valence electrons. The Morgan fingerprint density at radius 3 is 3.17 bits per heavy atom. The maximum absolute atomic E-state index is 9.44. The lowest BCUT2D eigenvalue weighted by molar-refractivity contribution is 0.191. The molecule has 1 aliphatic heterocycles. The fraction of sp³-hybridized carbons (Fsp3) is 0.417. The number of hydrogen-bond donors (Lipinski definition) is 2. The number of nitrogens with zero attached hydrogens (tertiary/aromatic N) is 3. The Hall–Kier alpha value is -1.79. The van der Waals surface area contributed by atoms with Gasteiger partial charge in [0.05, 0.1) is 12.1 Å². The molecule has 0 spiro atoms. The number of rotatable bonds is 3. The van der Waals surface area contributed by atoms with E-state index in [0.717, 1.165) is 5.56 Å². The summed E-state index contributed by atoms with van der Waals surface area (Å²) in [4.78, 5) is 8.39. The van der Waals surface area contributed by atoms with E-state index in [2.05, 4.69) is 20.4 Å². The molecule has 2 unspecified atom stereocenters. The van der Waals surface area contributed by atoms with Crippen LogP contribution in [0.5, 0.6) is 0 Å². The van der Waals surface area contributed by atoms with Crippen LogP contribution in [0.15, 0.2) is 29.0 Å². The van der Waals surface area contributed by atoms with Gasteiger partial charge in [0, 0.05) is 25.4 Å². The van der Waals surface area contributed by atoms with Crippen molar-refractivity contribution < 1.29 is 9.63 Å². The fourth-order valence-corrected chi connectivity index (χ4v) is 2.07. The van der Waals surface area contributed by atoms with Crippen molar-refractivity contribution in [2.45, 2.75) is 25.0 Å². The molecule has 1 saturated heterocycles. The standard InChI is InChI=1S/C12H14N4O2/c17-9-5-10(14-7-9)12-15-11(16-18-12)4-8-2-1-3-13-6-8/h1-3,6,9-10,14,17H,4-5,7H2. The zero-order valence-corrected chi connectivity index (χ0v) is 9.78. The summed E-state index contributed by atoms with van der Waals surface area (Å²) in [7, 11) is 0. The lowest BCUT2D eigenvalue weighted by Crippen LogP contribution is -2.15. The van der Waals surface area contributed by atoms with E-state index in [4.69, 9.17) is 4.52 Å². The van der Waals surface area contributed by atoms with Gasteiger partial charge in [-0.15, -0.1) is 0 Å². The molecule has 0 aliphatic carbocycles. The molecule has 0 aromatic carbocycles. The number of aliphatic hydroxyl groups is 1. The molecular formula is C12H14N4O2. The summed E-state index contributed by atoms with van der Waals surface area (Å²) in [5.74, 6) is 1.19. The summed E-state index contributed by atoms with van der Waals surface area (Å²) in [5.41, 5.74) is 1.05. The molecule has 2 aromatic rings. The third-order valence-corrected chi connectivity index (χ3v) is 2.97. The molecular weight excluding hydrogens is 232 g/mol. The molecule has 6 heteroatoms. The van der Waals surface area contributed by atoms with Crippen molar-refractivity contribution in [1.82, 2.24) is 20.4 Å². The van der Waals surface area contributed by atoms with Crippen LogP contribution in [0.25, 0.3) is 0 Å². The smallest absolute Gasteiger partial charge is 0.243 e. The Labute approximate surface area is 104 Å². The molecule has 2 atom stereocenters. The van der Waals surface area contributed by atoms with Crippen LogP contribution in [0.3, 0.4) is 0 Å². The van der Waals surface area contributed by atoms with E-state index in [1.54, 1.807) is 12.4 Å². The van der Waals surface area contributed by atoms with Gasteiger partial charge in [0.1, 0.15) is 0 Å². The quantitative estimate of drug-likeness (QED) is 0.818. The maximum Gasteiger partial charge on any atom is 0.243 e. The van der Waals surface area contributed by atoms with E-state index in [0.29, 0.717) is 31.1 Å². The van der Waals surface area contributed by atoms with E-state index < -0.39 is 0 Å². The summed E-state index contributed by atoms with van der Waals surface area (Å²) >= 11 is 0. The predicted molar refractivity (Wildman–Crippen MR) is 62.7 cm³/mol. The second-order valence-electron chi connectivity index (χ2n) is 4.44. The van der Waals surface area contributed by atoms with Crippen LogP contribution in [0, 0.1) is 0 Å². The van der Waals surface area contributed by atoms with Gasteiger partial charge in [-0.25, -0.2) is 0 Å². The second kappa shape index (κ2) is 4.83. The zero-order valence-electron chi connectivity index (χ0n) is 9.78. The van der Waals surface area contributed by atoms with Crippen LogP contribution in [0.4, 0.5) is 0 Å². The maximum atomic E-state index is 9.44. The third kappa shape index (κ3) is 2.39. The van der Waals surface area contributed by atoms with Crippen molar-refractivity contribution in [2.24, 2.45) is 0 Å². The first kappa shape index (κ1) is 11.3. The highest BCUT2D eigenvalue weighted by atomic mass is 16.5. The highest BCUT2D eigenvalue weighted by Gasteiger charge is 2.27. The number of β-amino-alcohol motifs (C(OH)–C–C–N with tert-alkyl or cyclic N) is 1. The van der Waals surface area contributed by atoms with Crippen molar-refractivity contribution in [3.8, 4) is 0 Å². The molecule has 0 radical (unpaired) electrons. The van der Waals surface area contributed by atoms with Gasteiger partial charge in [-0.3, -0.25) is 4.98 Å². The Balaban J connectivity index is 1.70. The zero-order chi connectivity index (χ0) is 12.4. The molecule has 0 bridgehead atoms.